The third kappa shape index (κ3) is 17.3. The predicted molar refractivity (Wildman–Crippen MR) is 229 cm³/mol. The maximum absolute atomic E-state index is 13.7. The minimum absolute atomic E-state index is 0.132. The summed E-state index contributed by atoms with van der Waals surface area (Å²) in [5, 5.41) is 0. The normalized spacial score (nSPS) is 32.6. The molecule has 0 radical (unpaired) electrons. The van der Waals surface area contributed by atoms with E-state index in [1.54, 1.807) is 0 Å². The molecule has 7 unspecified atom stereocenters. The highest BCUT2D eigenvalue weighted by Gasteiger charge is 2.53. The molecular formula is C43H92F3N7O2. The van der Waals surface area contributed by atoms with Crippen LogP contribution in [0.2, 0.25) is 0 Å². The molecule has 0 aromatic heterocycles. The molecule has 55 heavy (non-hydrogen) atoms. The monoisotopic (exact) mass is 796 g/mol. The molecule has 9 nitrogen and oxygen atoms in total. The average Bonchev–Trinajstić information content (AvgIpc) is 3.55. The van der Waals surface area contributed by atoms with Gasteiger partial charge in [-0.2, -0.15) is 0 Å². The minimum atomic E-state index is -0.997. The lowest BCUT2D eigenvalue weighted by atomic mass is 9.98. The number of hydrogen-bond donors (Lipinski definition) is 1. The summed E-state index contributed by atoms with van der Waals surface area (Å²) in [5.41, 5.74) is 5.76. The lowest BCUT2D eigenvalue weighted by Crippen LogP contribution is -2.56. The summed E-state index contributed by atoms with van der Waals surface area (Å²) in [4.78, 5) is 13.3. The van der Waals surface area contributed by atoms with E-state index < -0.39 is 24.3 Å². The molecule has 12 heteroatoms. The molecule has 6 aliphatic heterocycles. The van der Waals surface area contributed by atoms with Crippen LogP contribution in [-0.4, -0.2) is 191 Å². The van der Waals surface area contributed by atoms with Gasteiger partial charge >= 0.3 is 0 Å². The number of hydrogen-bond acceptors (Lipinski definition) is 9. The van der Waals surface area contributed by atoms with Crippen LogP contribution in [-0.2, 0) is 9.47 Å². The number of rotatable bonds is 6. The van der Waals surface area contributed by atoms with Gasteiger partial charge < -0.3 is 39.7 Å². The Morgan fingerprint density at radius 3 is 1.44 bits per heavy atom. The number of piperidine rings is 4. The van der Waals surface area contributed by atoms with Crippen LogP contribution in [0.25, 0.3) is 0 Å². The zero-order valence-electron chi connectivity index (χ0n) is 38.5. The van der Waals surface area contributed by atoms with Crippen molar-refractivity contribution in [2.45, 2.75) is 151 Å². The lowest BCUT2D eigenvalue weighted by Gasteiger charge is -2.44. The number of halogens is 3. The van der Waals surface area contributed by atoms with Crippen molar-refractivity contribution in [1.82, 2.24) is 29.4 Å². The number of nitrogens with two attached hydrogens (primary N) is 1. The fourth-order valence-corrected chi connectivity index (χ4v) is 8.08. The van der Waals surface area contributed by atoms with Gasteiger partial charge in [0.2, 0.25) is 5.79 Å². The van der Waals surface area contributed by atoms with E-state index >= 15 is 0 Å². The Hall–Kier alpha value is -0.570. The van der Waals surface area contributed by atoms with E-state index in [9.17, 15) is 13.2 Å². The van der Waals surface area contributed by atoms with Crippen molar-refractivity contribution in [3.05, 3.63) is 0 Å². The maximum atomic E-state index is 13.7. The van der Waals surface area contributed by atoms with E-state index in [4.69, 9.17) is 15.2 Å². The molecule has 1 aliphatic carbocycles. The summed E-state index contributed by atoms with van der Waals surface area (Å²) in [6, 6.07) is 0.928. The molecular weight excluding hydrogens is 704 g/mol. The summed E-state index contributed by atoms with van der Waals surface area (Å²) < 4.78 is 51.5. The number of likely N-dealkylation sites (tertiary alicyclic amines) is 5. The fraction of sp³-hybridized carbons (Fsp3) is 1.00. The smallest absolute Gasteiger partial charge is 0.202 e. The second-order valence-corrected chi connectivity index (χ2v) is 14.8. The first-order chi connectivity index (χ1) is 26.5. The Balaban J connectivity index is 0.000000669. The summed E-state index contributed by atoms with van der Waals surface area (Å²) >= 11 is 0. The van der Waals surface area contributed by atoms with E-state index in [1.807, 2.05) is 81.3 Å². The Kier molecular flexibility index (Phi) is 30.2. The molecule has 0 aromatic rings. The van der Waals surface area contributed by atoms with E-state index in [-0.39, 0.29) is 12.1 Å². The molecule has 2 N–H and O–H groups in total. The van der Waals surface area contributed by atoms with Gasteiger partial charge in [0, 0.05) is 63.8 Å². The van der Waals surface area contributed by atoms with Gasteiger partial charge in [-0.25, -0.2) is 13.2 Å². The molecule has 0 aromatic carbocycles. The minimum Gasteiger partial charge on any atom is -0.345 e. The van der Waals surface area contributed by atoms with Gasteiger partial charge in [-0.05, 0) is 97.6 Å². The number of alkyl halides is 3. The molecule has 332 valence electrons. The third-order valence-electron chi connectivity index (χ3n) is 11.8. The van der Waals surface area contributed by atoms with Gasteiger partial charge in [-0.15, -0.1) is 0 Å². The third-order valence-corrected chi connectivity index (χ3v) is 11.8. The van der Waals surface area contributed by atoms with Gasteiger partial charge in [-0.3, -0.25) is 4.90 Å². The van der Waals surface area contributed by atoms with E-state index in [2.05, 4.69) is 45.3 Å². The molecule has 6 saturated heterocycles. The van der Waals surface area contributed by atoms with Crippen LogP contribution < -0.4 is 5.73 Å². The zero-order valence-corrected chi connectivity index (χ0v) is 38.5. The van der Waals surface area contributed by atoms with Gasteiger partial charge in [0.1, 0.15) is 12.3 Å². The summed E-state index contributed by atoms with van der Waals surface area (Å²) in [6.45, 7) is 39.1. The first-order valence-electron chi connectivity index (χ1n) is 22.8. The first kappa shape index (κ1) is 54.4. The topological polar surface area (TPSA) is 63.9 Å². The zero-order chi connectivity index (χ0) is 42.1. The number of nitrogens with zero attached hydrogens (tertiary/aromatic N) is 6. The Bertz CT molecular complexity index is 890. The second kappa shape index (κ2) is 30.5. The van der Waals surface area contributed by atoms with Crippen molar-refractivity contribution in [3.63, 3.8) is 0 Å². The van der Waals surface area contributed by atoms with Crippen molar-refractivity contribution < 1.29 is 22.6 Å². The van der Waals surface area contributed by atoms with Gasteiger partial charge in [0.15, 0.2) is 6.17 Å². The number of ether oxygens (including phenoxy) is 2. The molecule has 1 saturated carbocycles. The molecule has 6 heterocycles. The molecule has 7 atom stereocenters. The second-order valence-electron chi connectivity index (χ2n) is 14.8. The van der Waals surface area contributed by atoms with Crippen molar-refractivity contribution in [3.8, 4) is 0 Å². The van der Waals surface area contributed by atoms with Gasteiger partial charge in [0.25, 0.3) is 0 Å². The van der Waals surface area contributed by atoms with Crippen LogP contribution in [0.5, 0.6) is 0 Å². The summed E-state index contributed by atoms with van der Waals surface area (Å²) in [5.74, 6) is 0.834. The van der Waals surface area contributed by atoms with Crippen LogP contribution in [0.3, 0.4) is 0 Å². The molecule has 7 aliphatic rings. The van der Waals surface area contributed by atoms with Crippen molar-refractivity contribution in [2.75, 3.05) is 119 Å². The Morgan fingerprint density at radius 2 is 1.05 bits per heavy atom. The summed E-state index contributed by atoms with van der Waals surface area (Å²) in [7, 11) is 3.91. The molecule has 0 amide bonds. The Morgan fingerprint density at radius 1 is 0.600 bits per heavy atom. The summed E-state index contributed by atoms with van der Waals surface area (Å²) in [6.07, 6.45) is 1.62. The highest BCUT2D eigenvalue weighted by Crippen LogP contribution is 2.43. The van der Waals surface area contributed by atoms with Crippen LogP contribution in [0, 0.1) is 11.8 Å². The first-order valence-corrected chi connectivity index (χ1v) is 22.8. The van der Waals surface area contributed by atoms with Crippen LogP contribution >= 0.6 is 0 Å². The SMILES string of the molecule is CC.CC.CC.CC.CCN1CC2C(N)C2C1.CCN1CCC(N(C)C)C(F)C1.CCN1CCC(N2CCC2)C(F)C1.CCN1CCC2(OCCO2)C(F)C1. The predicted octanol–water partition coefficient (Wildman–Crippen LogP) is 6.90. The van der Waals surface area contributed by atoms with E-state index in [0.29, 0.717) is 45.3 Å². The molecule has 1 spiro atoms. The van der Waals surface area contributed by atoms with E-state index in [0.717, 1.165) is 77.0 Å². The standard InChI is InChI=1S/C10H19FN2.C9H19FN2.C9H16FNO2.C7H14N2.4C2H6/c1-2-12-7-4-10(9(11)8-12)13-5-3-6-13;1-4-12-6-5-9(11(2)3)8(10)7-12;1-2-11-4-3-9(8(10)7-11)12-5-6-13-9;1-2-9-3-5-6(4-9)7(5)8;4*1-2/h9-10H,2-8H2,1H3;8-9H,4-7H2,1-3H3;8H,2-7H2,1H3;5-7H,2-4,8H2,1H3;4*1-2H3. The fourth-order valence-electron chi connectivity index (χ4n) is 8.08. The van der Waals surface area contributed by atoms with Crippen molar-refractivity contribution in [1.29, 1.82) is 0 Å². The van der Waals surface area contributed by atoms with Crippen LogP contribution in [0.15, 0.2) is 0 Å². The van der Waals surface area contributed by atoms with Crippen molar-refractivity contribution in [2.24, 2.45) is 17.6 Å². The lowest BCUT2D eigenvalue weighted by molar-refractivity contribution is -0.224. The molecule has 7 fully saturated rings. The van der Waals surface area contributed by atoms with E-state index in [1.165, 1.54) is 26.1 Å². The quantitative estimate of drug-likeness (QED) is 0.310. The number of fused-ring (bicyclic) bond motifs is 1. The maximum Gasteiger partial charge on any atom is 0.202 e. The largest absolute Gasteiger partial charge is 0.345 e. The highest BCUT2D eigenvalue weighted by molar-refractivity contribution is 5.08. The van der Waals surface area contributed by atoms with Crippen LogP contribution in [0.4, 0.5) is 13.2 Å². The van der Waals surface area contributed by atoms with Gasteiger partial charge in [-0.1, -0.05) is 83.1 Å². The molecule has 0 bridgehead atoms. The van der Waals surface area contributed by atoms with Crippen LogP contribution in [0.1, 0.15) is 109 Å². The highest BCUT2D eigenvalue weighted by atomic mass is 19.1. The average molecular weight is 796 g/mol. The Labute approximate surface area is 339 Å². The molecule has 7 rings (SSSR count). The van der Waals surface area contributed by atoms with Gasteiger partial charge in [0.05, 0.1) is 13.2 Å². The van der Waals surface area contributed by atoms with Crippen molar-refractivity contribution >= 4 is 0 Å².